The van der Waals surface area contributed by atoms with Crippen LogP contribution in [0.5, 0.6) is 0 Å². The Morgan fingerprint density at radius 1 is 0.537 bits per heavy atom. The Hall–Kier alpha value is 0.630. The zero-order valence-electron chi connectivity index (χ0n) is 37.2. The first-order valence-electron chi connectivity index (χ1n) is 23.7. The molecule has 4 nitrogen and oxygen atoms in total. The summed E-state index contributed by atoms with van der Waals surface area (Å²) in [5, 5.41) is 9.21. The van der Waals surface area contributed by atoms with Crippen LogP contribution in [0.1, 0.15) is 220 Å². The van der Waals surface area contributed by atoms with Crippen LogP contribution in [0.25, 0.3) is 0 Å². The minimum atomic E-state index is 0. The monoisotopic (exact) mass is 819 g/mol. The number of aliphatic hydroxyl groups is 1. The Bertz CT molecular complexity index is 716. The molecule has 0 saturated carbocycles. The molecule has 0 aliphatic carbocycles. The molecular formula is C47H98N2O2S3. The van der Waals surface area contributed by atoms with Crippen molar-refractivity contribution in [2.75, 3.05) is 57.9 Å². The summed E-state index contributed by atoms with van der Waals surface area (Å²) in [5.74, 6) is 4.57. The molecule has 0 bridgehead atoms. The van der Waals surface area contributed by atoms with Crippen LogP contribution >= 0.6 is 37.5 Å². The standard InChI is InChI=1S/C47H96N2O2S2.H2S/c1-6-10-14-26-36-46(34-12-8-3)44-48(5)53-51-42-32-24-20-16-18-22-28-38-49(40-30-31-41-50)39-29-23-19-17-21-25-33-43-52-45-47(35-13-9-4)37-27-15-11-7-2;/h30-31,46-47,50H,6-29,32-45H2,1-5H3;1H2/b31-30+;. The van der Waals surface area contributed by atoms with Gasteiger partial charge >= 0.3 is 0 Å². The molecule has 0 amide bonds. The number of rotatable bonds is 45. The van der Waals surface area contributed by atoms with Gasteiger partial charge in [-0.1, -0.05) is 181 Å². The molecule has 1 N–H and O–H groups in total. The largest absolute Gasteiger partial charge is 0.392 e. The molecule has 0 aromatic rings. The number of aliphatic hydroxyl groups excluding tert-OH is 1. The number of hydrogen-bond acceptors (Lipinski definition) is 6. The van der Waals surface area contributed by atoms with Crippen molar-refractivity contribution >= 4 is 37.5 Å². The van der Waals surface area contributed by atoms with Crippen LogP contribution < -0.4 is 0 Å². The smallest absolute Gasteiger partial charge is 0.0816 e. The Balaban J connectivity index is 0. The summed E-state index contributed by atoms with van der Waals surface area (Å²) in [6.07, 6.45) is 45.2. The number of unbranched alkanes of at least 4 members (excludes halogenated alkanes) is 20. The Morgan fingerprint density at radius 2 is 1.00 bits per heavy atom. The highest BCUT2D eigenvalue weighted by atomic mass is 32.2. The van der Waals surface area contributed by atoms with Crippen molar-refractivity contribution in [2.45, 2.75) is 220 Å². The maximum absolute atomic E-state index is 9.21. The highest BCUT2D eigenvalue weighted by Crippen LogP contribution is 2.24. The third-order valence-electron chi connectivity index (χ3n) is 11.0. The molecule has 326 valence electrons. The summed E-state index contributed by atoms with van der Waals surface area (Å²) in [4.78, 5) is 2.62. The first-order chi connectivity index (χ1) is 26.1. The second-order valence-electron chi connectivity index (χ2n) is 16.4. The van der Waals surface area contributed by atoms with E-state index in [2.05, 4.69) is 61.8 Å². The van der Waals surface area contributed by atoms with E-state index in [4.69, 9.17) is 4.18 Å². The fourth-order valence-corrected chi connectivity index (χ4v) is 9.40. The zero-order valence-corrected chi connectivity index (χ0v) is 39.9. The van der Waals surface area contributed by atoms with Crippen molar-refractivity contribution in [1.82, 2.24) is 9.21 Å². The summed E-state index contributed by atoms with van der Waals surface area (Å²) in [5.41, 5.74) is 0. The minimum absolute atomic E-state index is 0. The average Bonchev–Trinajstić information content (AvgIpc) is 3.16. The predicted octanol–water partition coefficient (Wildman–Crippen LogP) is 15.2. The van der Waals surface area contributed by atoms with Crippen LogP contribution in [0.15, 0.2) is 12.2 Å². The average molecular weight is 820 g/mol. The van der Waals surface area contributed by atoms with Crippen LogP contribution in [-0.4, -0.2) is 72.3 Å². The van der Waals surface area contributed by atoms with Crippen LogP contribution in [0.3, 0.4) is 0 Å². The topological polar surface area (TPSA) is 35.9 Å². The molecule has 7 heteroatoms. The summed E-state index contributed by atoms with van der Waals surface area (Å²) in [6.45, 7) is 14.9. The fraction of sp³-hybridized carbons (Fsp3) is 0.957. The van der Waals surface area contributed by atoms with Crippen molar-refractivity contribution < 1.29 is 9.29 Å². The van der Waals surface area contributed by atoms with Crippen molar-refractivity contribution in [3.63, 3.8) is 0 Å². The van der Waals surface area contributed by atoms with Gasteiger partial charge in [0.1, 0.15) is 0 Å². The summed E-state index contributed by atoms with van der Waals surface area (Å²) < 4.78 is 8.32. The molecule has 0 heterocycles. The molecule has 54 heavy (non-hydrogen) atoms. The second kappa shape index (κ2) is 48.0. The lowest BCUT2D eigenvalue weighted by molar-refractivity contribution is 0.284. The molecule has 0 radical (unpaired) electrons. The van der Waals surface area contributed by atoms with E-state index in [1.165, 1.54) is 217 Å². The number of nitrogens with zero attached hydrogens (tertiary/aromatic N) is 2. The third-order valence-corrected chi connectivity index (χ3v) is 13.0. The Kier molecular flexibility index (Phi) is 50.4. The van der Waals surface area contributed by atoms with Gasteiger partial charge in [0.25, 0.3) is 0 Å². The third kappa shape index (κ3) is 42.2. The fourth-order valence-electron chi connectivity index (χ4n) is 7.51. The highest BCUT2D eigenvalue weighted by Gasteiger charge is 2.13. The van der Waals surface area contributed by atoms with E-state index in [1.54, 1.807) is 12.2 Å². The molecule has 0 aliphatic heterocycles. The van der Waals surface area contributed by atoms with E-state index in [9.17, 15) is 5.11 Å². The number of hydrogen-bond donors (Lipinski definition) is 1. The summed E-state index contributed by atoms with van der Waals surface area (Å²) in [7, 11) is 2.21. The lowest BCUT2D eigenvalue weighted by Crippen LogP contribution is -2.26. The Labute approximate surface area is 356 Å². The second-order valence-corrected chi connectivity index (χ2v) is 18.6. The molecule has 0 fully saturated rings. The maximum Gasteiger partial charge on any atom is 0.0816 e. The van der Waals surface area contributed by atoms with Crippen molar-refractivity contribution in [3.8, 4) is 0 Å². The van der Waals surface area contributed by atoms with Crippen LogP contribution in [0.4, 0.5) is 0 Å². The number of thioether (sulfide) groups is 1. The van der Waals surface area contributed by atoms with E-state index < -0.39 is 0 Å². The van der Waals surface area contributed by atoms with Gasteiger partial charge in [-0.05, 0) is 94.8 Å². The molecule has 2 atom stereocenters. The summed E-state index contributed by atoms with van der Waals surface area (Å²) in [6, 6.07) is 0. The van der Waals surface area contributed by atoms with Crippen LogP contribution in [0, 0.1) is 11.8 Å². The summed E-state index contributed by atoms with van der Waals surface area (Å²) >= 11 is 3.84. The molecule has 0 aromatic carbocycles. The van der Waals surface area contributed by atoms with E-state index in [1.807, 2.05) is 6.08 Å². The first kappa shape index (κ1) is 56.7. The van der Waals surface area contributed by atoms with Gasteiger partial charge in [0.2, 0.25) is 0 Å². The normalized spacial score (nSPS) is 13.0. The lowest BCUT2D eigenvalue weighted by Gasteiger charge is -2.22. The molecular weight excluding hydrogens is 721 g/mol. The zero-order chi connectivity index (χ0) is 38.7. The van der Waals surface area contributed by atoms with E-state index in [0.29, 0.717) is 0 Å². The molecule has 0 saturated heterocycles. The first-order valence-corrected chi connectivity index (χ1v) is 25.5. The minimum Gasteiger partial charge on any atom is -0.392 e. The van der Waals surface area contributed by atoms with Gasteiger partial charge in [0.15, 0.2) is 0 Å². The van der Waals surface area contributed by atoms with E-state index in [-0.39, 0.29) is 20.1 Å². The van der Waals surface area contributed by atoms with Gasteiger partial charge in [0, 0.05) is 13.1 Å². The lowest BCUT2D eigenvalue weighted by atomic mass is 9.95. The van der Waals surface area contributed by atoms with Gasteiger partial charge in [-0.2, -0.15) is 25.3 Å². The predicted molar refractivity (Wildman–Crippen MR) is 255 cm³/mol. The quantitative estimate of drug-likeness (QED) is 0.0285. The van der Waals surface area contributed by atoms with Gasteiger partial charge in [-0.25, -0.2) is 4.31 Å². The maximum atomic E-state index is 9.21. The SMILES string of the molecule is CCCCCCC(CCCC)CSCCCCCCCCCN(C/C=C/CO)CCCCCCCCCOSN(C)CC(CCCC)CCCCCC.S. The molecule has 0 rings (SSSR count). The molecule has 0 aliphatic rings. The molecule has 2 unspecified atom stereocenters. The van der Waals surface area contributed by atoms with Gasteiger partial charge in [-0.3, -0.25) is 4.90 Å². The highest BCUT2D eigenvalue weighted by molar-refractivity contribution is 7.99. The van der Waals surface area contributed by atoms with Gasteiger partial charge in [0.05, 0.1) is 25.4 Å². The molecule has 0 aromatic heterocycles. The van der Waals surface area contributed by atoms with Gasteiger partial charge in [-0.15, -0.1) is 0 Å². The van der Waals surface area contributed by atoms with Crippen LogP contribution in [-0.2, 0) is 4.18 Å². The molecule has 0 spiro atoms. The van der Waals surface area contributed by atoms with E-state index in [0.717, 1.165) is 31.5 Å². The van der Waals surface area contributed by atoms with Gasteiger partial charge < -0.3 is 9.29 Å². The van der Waals surface area contributed by atoms with E-state index >= 15 is 0 Å². The van der Waals surface area contributed by atoms with Crippen LogP contribution in [0.2, 0.25) is 0 Å². The van der Waals surface area contributed by atoms with Crippen molar-refractivity contribution in [1.29, 1.82) is 0 Å². The van der Waals surface area contributed by atoms with Crippen molar-refractivity contribution in [3.05, 3.63) is 12.2 Å². The Morgan fingerprint density at radius 3 is 1.56 bits per heavy atom. The van der Waals surface area contributed by atoms with Crippen molar-refractivity contribution in [2.24, 2.45) is 11.8 Å².